The standard InChI is InChI=1S/C26H37Cl2N5O2/c1-17(16-34-2)32-19-3-5-20(6-4-19)33-25-12-22(24(27)15-30-25)23-11-21(14-31-26(23)28)29-13-18-7-9-35-10-8-18/h11-12,14-15,17-20,29,32H,3-10,13,16H2,1-2H3,(H,30,33)/t17-,19?,20?/m1/s1. The SMILES string of the molecule is COC[C@@H](C)NC1CCC(Nc2cc(-c3cc(NCC4CCOCC4)cnc3Cl)c(Cl)cn2)CC1. The summed E-state index contributed by atoms with van der Waals surface area (Å²) in [5.74, 6) is 1.42. The van der Waals surface area contributed by atoms with Crippen LogP contribution in [0.5, 0.6) is 0 Å². The molecule has 35 heavy (non-hydrogen) atoms. The molecule has 3 N–H and O–H groups in total. The van der Waals surface area contributed by atoms with Gasteiger partial charge >= 0.3 is 0 Å². The summed E-state index contributed by atoms with van der Waals surface area (Å²) in [5.41, 5.74) is 2.58. The van der Waals surface area contributed by atoms with Crippen LogP contribution in [0.15, 0.2) is 24.5 Å². The lowest BCUT2D eigenvalue weighted by Crippen LogP contribution is -2.42. The number of methoxy groups -OCH3 is 1. The molecule has 2 aromatic heterocycles. The van der Waals surface area contributed by atoms with E-state index >= 15 is 0 Å². The van der Waals surface area contributed by atoms with E-state index < -0.39 is 0 Å². The average molecular weight is 523 g/mol. The maximum absolute atomic E-state index is 6.56. The molecule has 2 aliphatic rings. The van der Waals surface area contributed by atoms with Crippen molar-refractivity contribution in [1.82, 2.24) is 15.3 Å². The molecule has 0 amide bonds. The third-order valence-electron chi connectivity index (χ3n) is 6.94. The van der Waals surface area contributed by atoms with Crippen LogP contribution in [0, 0.1) is 5.92 Å². The number of halogens is 2. The summed E-state index contributed by atoms with van der Waals surface area (Å²) >= 11 is 13.1. The molecule has 2 aromatic rings. The van der Waals surface area contributed by atoms with Gasteiger partial charge in [-0.15, -0.1) is 0 Å². The van der Waals surface area contributed by atoms with Crippen LogP contribution in [-0.2, 0) is 9.47 Å². The molecule has 2 fully saturated rings. The molecular formula is C26H37Cl2N5O2. The van der Waals surface area contributed by atoms with Gasteiger partial charge in [-0.1, -0.05) is 23.2 Å². The number of aromatic nitrogens is 2. The lowest BCUT2D eigenvalue weighted by Gasteiger charge is -2.32. The molecule has 1 saturated carbocycles. The first-order chi connectivity index (χ1) is 17.0. The first-order valence-corrected chi connectivity index (χ1v) is 13.4. The Morgan fingerprint density at radius 3 is 2.49 bits per heavy atom. The second kappa shape index (κ2) is 13.1. The quantitative estimate of drug-likeness (QED) is 0.349. The van der Waals surface area contributed by atoms with Gasteiger partial charge < -0.3 is 25.4 Å². The number of nitrogens with one attached hydrogen (secondary N) is 3. The van der Waals surface area contributed by atoms with E-state index in [4.69, 9.17) is 32.7 Å². The normalized spacial score (nSPS) is 22.1. The molecule has 3 heterocycles. The summed E-state index contributed by atoms with van der Waals surface area (Å²) in [7, 11) is 1.75. The fourth-order valence-electron chi connectivity index (χ4n) is 4.98. The van der Waals surface area contributed by atoms with Gasteiger partial charge in [0, 0.05) is 62.3 Å². The zero-order valence-corrected chi connectivity index (χ0v) is 22.2. The molecule has 0 bridgehead atoms. The zero-order chi connectivity index (χ0) is 24.6. The van der Waals surface area contributed by atoms with E-state index in [9.17, 15) is 0 Å². The second-order valence-corrected chi connectivity index (χ2v) is 10.5. The fourth-order valence-corrected chi connectivity index (χ4v) is 5.39. The highest BCUT2D eigenvalue weighted by Gasteiger charge is 2.23. The Morgan fingerprint density at radius 1 is 1.00 bits per heavy atom. The van der Waals surface area contributed by atoms with Crippen LogP contribution in [0.3, 0.4) is 0 Å². The maximum atomic E-state index is 6.56. The largest absolute Gasteiger partial charge is 0.384 e. The van der Waals surface area contributed by atoms with Gasteiger partial charge in [0.05, 0.1) is 23.5 Å². The van der Waals surface area contributed by atoms with Crippen molar-refractivity contribution < 1.29 is 9.47 Å². The molecule has 1 aliphatic heterocycles. The van der Waals surface area contributed by atoms with Gasteiger partial charge in [-0.3, -0.25) is 0 Å². The zero-order valence-electron chi connectivity index (χ0n) is 20.7. The molecule has 1 saturated heterocycles. The lowest BCUT2D eigenvalue weighted by molar-refractivity contribution is 0.0699. The molecule has 192 valence electrons. The first-order valence-electron chi connectivity index (χ1n) is 12.7. The van der Waals surface area contributed by atoms with Gasteiger partial charge in [-0.2, -0.15) is 0 Å². The smallest absolute Gasteiger partial charge is 0.137 e. The van der Waals surface area contributed by atoms with Crippen LogP contribution in [-0.4, -0.2) is 61.6 Å². The molecule has 1 atom stereocenters. The van der Waals surface area contributed by atoms with Gasteiger partial charge in [0.2, 0.25) is 0 Å². The molecule has 0 aromatic carbocycles. The maximum Gasteiger partial charge on any atom is 0.137 e. The number of ether oxygens (including phenoxy) is 2. The van der Waals surface area contributed by atoms with Gasteiger partial charge in [0.25, 0.3) is 0 Å². The van der Waals surface area contributed by atoms with Gasteiger partial charge in [0.15, 0.2) is 0 Å². The number of anilines is 2. The van der Waals surface area contributed by atoms with Crippen LogP contribution in [0.1, 0.15) is 45.4 Å². The summed E-state index contributed by atoms with van der Waals surface area (Å²) in [4.78, 5) is 8.95. The van der Waals surface area contributed by atoms with Crippen LogP contribution in [0.4, 0.5) is 11.5 Å². The highest BCUT2D eigenvalue weighted by atomic mass is 35.5. The molecule has 9 heteroatoms. The van der Waals surface area contributed by atoms with Gasteiger partial charge in [0.1, 0.15) is 11.0 Å². The summed E-state index contributed by atoms with van der Waals surface area (Å²) in [6.45, 7) is 5.47. The number of hydrogen-bond donors (Lipinski definition) is 3. The van der Waals surface area contributed by atoms with Gasteiger partial charge in [-0.05, 0) is 63.5 Å². The Bertz CT molecular complexity index is 949. The predicted molar refractivity (Wildman–Crippen MR) is 144 cm³/mol. The van der Waals surface area contributed by atoms with E-state index in [2.05, 4.69) is 32.8 Å². The average Bonchev–Trinajstić information content (AvgIpc) is 2.87. The Morgan fingerprint density at radius 2 is 1.74 bits per heavy atom. The van der Waals surface area contributed by atoms with Crippen molar-refractivity contribution in [2.24, 2.45) is 5.92 Å². The van der Waals surface area contributed by atoms with E-state index in [1.807, 2.05) is 12.1 Å². The van der Waals surface area contributed by atoms with E-state index in [1.165, 1.54) is 0 Å². The van der Waals surface area contributed by atoms with Crippen molar-refractivity contribution in [2.75, 3.05) is 44.1 Å². The molecule has 7 nitrogen and oxygen atoms in total. The molecule has 0 radical (unpaired) electrons. The monoisotopic (exact) mass is 521 g/mol. The Kier molecular flexibility index (Phi) is 9.86. The van der Waals surface area contributed by atoms with E-state index in [-0.39, 0.29) is 0 Å². The molecule has 0 spiro atoms. The molecule has 0 unspecified atom stereocenters. The number of pyridine rings is 2. The number of nitrogens with zero attached hydrogens (tertiary/aromatic N) is 2. The fraction of sp³-hybridized carbons (Fsp3) is 0.615. The first kappa shape index (κ1) is 26.4. The third kappa shape index (κ3) is 7.67. The Labute approximate surface area is 218 Å². The van der Waals surface area contributed by atoms with Crippen molar-refractivity contribution in [3.8, 4) is 11.1 Å². The number of rotatable bonds is 10. The molecule has 4 rings (SSSR count). The van der Waals surface area contributed by atoms with Gasteiger partial charge in [-0.25, -0.2) is 9.97 Å². The van der Waals surface area contributed by atoms with E-state index in [0.29, 0.717) is 34.2 Å². The minimum absolute atomic E-state index is 0.371. The summed E-state index contributed by atoms with van der Waals surface area (Å²) in [6.07, 6.45) is 10.1. The minimum atomic E-state index is 0.371. The highest BCUT2D eigenvalue weighted by Crippen LogP contribution is 2.35. The van der Waals surface area contributed by atoms with Crippen LogP contribution >= 0.6 is 23.2 Å². The molecule has 1 aliphatic carbocycles. The summed E-state index contributed by atoms with van der Waals surface area (Å²) in [6, 6.07) is 5.30. The summed E-state index contributed by atoms with van der Waals surface area (Å²) in [5, 5.41) is 11.8. The van der Waals surface area contributed by atoms with Crippen molar-refractivity contribution in [3.63, 3.8) is 0 Å². The van der Waals surface area contributed by atoms with Crippen molar-refractivity contribution in [1.29, 1.82) is 0 Å². The summed E-state index contributed by atoms with van der Waals surface area (Å²) < 4.78 is 10.7. The topological polar surface area (TPSA) is 80.3 Å². The van der Waals surface area contributed by atoms with Crippen molar-refractivity contribution >= 4 is 34.7 Å². The van der Waals surface area contributed by atoms with Crippen LogP contribution in [0.25, 0.3) is 11.1 Å². The van der Waals surface area contributed by atoms with E-state index in [1.54, 1.807) is 19.5 Å². The Balaban J connectivity index is 1.38. The van der Waals surface area contributed by atoms with Crippen LogP contribution in [0.2, 0.25) is 10.2 Å². The minimum Gasteiger partial charge on any atom is -0.384 e. The molecular weight excluding hydrogens is 485 g/mol. The highest BCUT2D eigenvalue weighted by molar-refractivity contribution is 6.36. The number of hydrogen-bond acceptors (Lipinski definition) is 7. The lowest BCUT2D eigenvalue weighted by atomic mass is 9.90. The van der Waals surface area contributed by atoms with Crippen molar-refractivity contribution in [2.45, 2.75) is 63.6 Å². The second-order valence-electron chi connectivity index (χ2n) is 9.76. The van der Waals surface area contributed by atoms with E-state index in [0.717, 1.165) is 87.5 Å². The van der Waals surface area contributed by atoms with Crippen molar-refractivity contribution in [3.05, 3.63) is 34.7 Å². The predicted octanol–water partition coefficient (Wildman–Crippen LogP) is 5.64. The third-order valence-corrected chi connectivity index (χ3v) is 7.54. The van der Waals surface area contributed by atoms with Crippen LogP contribution < -0.4 is 16.0 Å². The Hall–Kier alpha value is -1.64.